The van der Waals surface area contributed by atoms with Gasteiger partial charge < -0.3 is 14.5 Å². The summed E-state index contributed by atoms with van der Waals surface area (Å²) < 4.78 is 10.8. The second kappa shape index (κ2) is 7.49. The van der Waals surface area contributed by atoms with Crippen LogP contribution in [0.2, 0.25) is 0 Å². The van der Waals surface area contributed by atoms with Crippen LogP contribution in [0.5, 0.6) is 0 Å². The van der Waals surface area contributed by atoms with Gasteiger partial charge in [-0.05, 0) is 32.0 Å². The van der Waals surface area contributed by atoms with Gasteiger partial charge in [-0.3, -0.25) is 0 Å². The molecular formula is C12H21NO2. The summed E-state index contributed by atoms with van der Waals surface area (Å²) in [6, 6.07) is 4.36. The highest BCUT2D eigenvalue weighted by Gasteiger charge is 2.07. The second-order valence-electron chi connectivity index (χ2n) is 3.68. The smallest absolute Gasteiger partial charge is 0.103 e. The van der Waals surface area contributed by atoms with Gasteiger partial charge in [0.05, 0.1) is 12.9 Å². The molecule has 86 valence electrons. The van der Waals surface area contributed by atoms with Gasteiger partial charge in [0.2, 0.25) is 0 Å². The Labute approximate surface area is 91.8 Å². The highest BCUT2D eigenvalue weighted by Crippen LogP contribution is 2.06. The molecule has 1 unspecified atom stereocenters. The van der Waals surface area contributed by atoms with Crippen molar-refractivity contribution in [2.45, 2.75) is 32.2 Å². The van der Waals surface area contributed by atoms with Gasteiger partial charge in [0.1, 0.15) is 5.76 Å². The number of hydrogen-bond acceptors (Lipinski definition) is 3. The van der Waals surface area contributed by atoms with Crippen LogP contribution >= 0.6 is 0 Å². The van der Waals surface area contributed by atoms with E-state index >= 15 is 0 Å². The number of furan rings is 1. The fourth-order valence-corrected chi connectivity index (χ4v) is 1.45. The first kappa shape index (κ1) is 12.3. The molecule has 0 aliphatic heterocycles. The van der Waals surface area contributed by atoms with Crippen molar-refractivity contribution in [3.8, 4) is 0 Å². The molecule has 0 aliphatic rings. The molecule has 0 aliphatic carbocycles. The van der Waals surface area contributed by atoms with Gasteiger partial charge in [-0.25, -0.2) is 0 Å². The summed E-state index contributed by atoms with van der Waals surface area (Å²) in [6.45, 7) is 3.75. The lowest BCUT2D eigenvalue weighted by Crippen LogP contribution is -2.31. The minimum atomic E-state index is 0.418. The van der Waals surface area contributed by atoms with Crippen molar-refractivity contribution in [3.05, 3.63) is 24.2 Å². The second-order valence-corrected chi connectivity index (χ2v) is 3.68. The lowest BCUT2D eigenvalue weighted by Gasteiger charge is -2.15. The van der Waals surface area contributed by atoms with E-state index in [1.54, 1.807) is 6.26 Å². The number of nitrogens with one attached hydrogen (secondary N) is 1. The SMILES string of the molecule is CCCOCC(CCc1ccco1)NC. The lowest BCUT2D eigenvalue weighted by atomic mass is 10.1. The molecule has 1 aromatic rings. The first-order valence-corrected chi connectivity index (χ1v) is 5.64. The summed E-state index contributed by atoms with van der Waals surface area (Å²) in [7, 11) is 1.97. The summed E-state index contributed by atoms with van der Waals surface area (Å²) in [5.41, 5.74) is 0. The molecular weight excluding hydrogens is 190 g/mol. The Hall–Kier alpha value is -0.800. The molecule has 0 spiro atoms. The highest BCUT2D eigenvalue weighted by molar-refractivity contribution is 4.98. The quantitative estimate of drug-likeness (QED) is 0.670. The molecule has 0 aromatic carbocycles. The summed E-state index contributed by atoms with van der Waals surface area (Å²) >= 11 is 0. The summed E-state index contributed by atoms with van der Waals surface area (Å²) in [5.74, 6) is 1.05. The van der Waals surface area contributed by atoms with Crippen LogP contribution in [-0.2, 0) is 11.2 Å². The maximum atomic E-state index is 5.51. The van der Waals surface area contributed by atoms with Crippen LogP contribution in [0.3, 0.4) is 0 Å². The van der Waals surface area contributed by atoms with Crippen LogP contribution < -0.4 is 5.32 Å². The minimum absolute atomic E-state index is 0.418. The topological polar surface area (TPSA) is 34.4 Å². The average Bonchev–Trinajstić information content (AvgIpc) is 2.76. The van der Waals surface area contributed by atoms with E-state index in [0.29, 0.717) is 6.04 Å². The fourth-order valence-electron chi connectivity index (χ4n) is 1.45. The average molecular weight is 211 g/mol. The molecule has 15 heavy (non-hydrogen) atoms. The number of ether oxygens (including phenoxy) is 1. The normalized spacial score (nSPS) is 12.9. The first-order valence-electron chi connectivity index (χ1n) is 5.64. The van der Waals surface area contributed by atoms with Crippen molar-refractivity contribution in [2.24, 2.45) is 0 Å². The fraction of sp³-hybridized carbons (Fsp3) is 0.667. The molecule has 0 radical (unpaired) electrons. The summed E-state index contributed by atoms with van der Waals surface area (Å²) in [5, 5.41) is 3.26. The zero-order valence-electron chi connectivity index (χ0n) is 9.66. The monoisotopic (exact) mass is 211 g/mol. The van der Waals surface area contributed by atoms with Crippen molar-refractivity contribution in [1.29, 1.82) is 0 Å². The lowest BCUT2D eigenvalue weighted by molar-refractivity contribution is 0.111. The maximum absolute atomic E-state index is 5.51. The Kier molecular flexibility index (Phi) is 6.12. The summed E-state index contributed by atoms with van der Waals surface area (Å²) in [4.78, 5) is 0. The molecule has 1 rings (SSSR count). The van der Waals surface area contributed by atoms with Gasteiger partial charge in [0.25, 0.3) is 0 Å². The van der Waals surface area contributed by atoms with E-state index in [4.69, 9.17) is 9.15 Å². The molecule has 0 saturated carbocycles. The largest absolute Gasteiger partial charge is 0.469 e. The number of hydrogen-bond donors (Lipinski definition) is 1. The van der Waals surface area contributed by atoms with Gasteiger partial charge in [-0.1, -0.05) is 6.92 Å². The zero-order valence-corrected chi connectivity index (χ0v) is 9.66. The standard InChI is InChI=1S/C12H21NO2/c1-3-8-14-10-11(13-2)6-7-12-5-4-9-15-12/h4-5,9,11,13H,3,6-8,10H2,1-2H3. The molecule has 1 aromatic heterocycles. The Morgan fingerprint density at radius 3 is 3.00 bits per heavy atom. The van der Waals surface area contributed by atoms with Crippen LogP contribution in [0.1, 0.15) is 25.5 Å². The molecule has 0 fully saturated rings. The molecule has 1 atom stereocenters. The van der Waals surface area contributed by atoms with E-state index in [1.807, 2.05) is 19.2 Å². The molecule has 0 saturated heterocycles. The Bertz CT molecular complexity index is 234. The number of rotatable bonds is 8. The zero-order chi connectivity index (χ0) is 10.9. The van der Waals surface area contributed by atoms with Crippen molar-refractivity contribution >= 4 is 0 Å². The Morgan fingerprint density at radius 2 is 2.40 bits per heavy atom. The highest BCUT2D eigenvalue weighted by atomic mass is 16.5. The van der Waals surface area contributed by atoms with Crippen LogP contribution in [0.15, 0.2) is 22.8 Å². The third-order valence-electron chi connectivity index (χ3n) is 2.40. The minimum Gasteiger partial charge on any atom is -0.469 e. The summed E-state index contributed by atoms with van der Waals surface area (Å²) in [6.07, 6.45) is 4.81. The van der Waals surface area contributed by atoms with Crippen molar-refractivity contribution in [3.63, 3.8) is 0 Å². The van der Waals surface area contributed by atoms with Crippen molar-refractivity contribution in [1.82, 2.24) is 5.32 Å². The van der Waals surface area contributed by atoms with Crippen molar-refractivity contribution in [2.75, 3.05) is 20.3 Å². The van der Waals surface area contributed by atoms with E-state index in [0.717, 1.165) is 38.2 Å². The molecule has 3 heteroatoms. The van der Waals surface area contributed by atoms with Crippen LogP contribution in [0, 0.1) is 0 Å². The third-order valence-corrected chi connectivity index (χ3v) is 2.40. The van der Waals surface area contributed by atoms with Crippen LogP contribution in [0.25, 0.3) is 0 Å². The van der Waals surface area contributed by atoms with Crippen molar-refractivity contribution < 1.29 is 9.15 Å². The maximum Gasteiger partial charge on any atom is 0.103 e. The van der Waals surface area contributed by atoms with Gasteiger partial charge in [0, 0.05) is 19.1 Å². The number of likely N-dealkylation sites (N-methyl/N-ethyl adjacent to an activating group) is 1. The molecule has 0 amide bonds. The van der Waals surface area contributed by atoms with E-state index < -0.39 is 0 Å². The van der Waals surface area contributed by atoms with Crippen LogP contribution in [-0.4, -0.2) is 26.3 Å². The van der Waals surface area contributed by atoms with Crippen LogP contribution in [0.4, 0.5) is 0 Å². The first-order chi connectivity index (χ1) is 7.36. The molecule has 0 bridgehead atoms. The molecule has 1 N–H and O–H groups in total. The Balaban J connectivity index is 2.16. The third kappa shape index (κ3) is 5.00. The molecule has 3 nitrogen and oxygen atoms in total. The van der Waals surface area contributed by atoms with Gasteiger partial charge in [-0.2, -0.15) is 0 Å². The Morgan fingerprint density at radius 1 is 1.53 bits per heavy atom. The van der Waals surface area contributed by atoms with E-state index in [9.17, 15) is 0 Å². The predicted molar refractivity (Wildman–Crippen MR) is 61.0 cm³/mol. The van der Waals surface area contributed by atoms with Gasteiger partial charge >= 0.3 is 0 Å². The van der Waals surface area contributed by atoms with Gasteiger partial charge in [0.15, 0.2) is 0 Å². The molecule has 1 heterocycles. The predicted octanol–water partition coefficient (Wildman–Crippen LogP) is 2.23. The van der Waals surface area contributed by atoms with Gasteiger partial charge in [-0.15, -0.1) is 0 Å². The van der Waals surface area contributed by atoms with E-state index in [-0.39, 0.29) is 0 Å². The van der Waals surface area contributed by atoms with E-state index in [1.165, 1.54) is 0 Å². The van der Waals surface area contributed by atoms with E-state index in [2.05, 4.69) is 12.2 Å². The number of aryl methyl sites for hydroxylation is 1.